The first-order valence-corrected chi connectivity index (χ1v) is 10.4. The second-order valence-electron chi connectivity index (χ2n) is 10.5. The fraction of sp³-hybridized carbons (Fsp3) is 0.609. The largest absolute Gasteiger partial charge is 0.465 e. The van der Waals surface area contributed by atoms with Gasteiger partial charge in [0.25, 0.3) is 0 Å². The molecule has 0 unspecified atom stereocenters. The van der Waals surface area contributed by atoms with Crippen LogP contribution >= 0.6 is 0 Å². The van der Waals surface area contributed by atoms with Gasteiger partial charge in [0.15, 0.2) is 0 Å². The number of amides is 2. The fourth-order valence-corrected chi connectivity index (χ4v) is 4.41. The molecule has 0 aromatic heterocycles. The summed E-state index contributed by atoms with van der Waals surface area (Å²) in [5.74, 6) is -0.377. The van der Waals surface area contributed by atoms with Crippen molar-refractivity contribution in [2.75, 3.05) is 7.11 Å². The van der Waals surface area contributed by atoms with Crippen molar-refractivity contribution in [3.63, 3.8) is 0 Å². The molecule has 0 atom stereocenters. The zero-order valence-electron chi connectivity index (χ0n) is 19.3. The van der Waals surface area contributed by atoms with Gasteiger partial charge >= 0.3 is 18.2 Å². The van der Waals surface area contributed by atoms with Crippen LogP contribution in [0.25, 0.3) is 0 Å². The molecule has 0 heterocycles. The Labute approximate surface area is 183 Å². The Morgan fingerprint density at radius 2 is 1.42 bits per heavy atom. The Hall–Kier alpha value is -2.77. The number of methoxy groups -OCH3 is 1. The molecule has 0 aliphatic heterocycles. The maximum Gasteiger partial charge on any atom is 0.429 e. The van der Waals surface area contributed by atoms with Gasteiger partial charge < -0.3 is 14.2 Å². The number of nitrogens with one attached hydrogen (secondary N) is 1. The molecule has 1 aromatic rings. The van der Waals surface area contributed by atoms with E-state index in [1.807, 2.05) is 12.1 Å². The van der Waals surface area contributed by atoms with Crippen molar-refractivity contribution in [3.8, 4) is 0 Å². The van der Waals surface area contributed by atoms with Gasteiger partial charge in [-0.05, 0) is 78.5 Å². The monoisotopic (exact) mass is 432 g/mol. The molecule has 4 rings (SSSR count). The molecular weight excluding hydrogens is 400 g/mol. The van der Waals surface area contributed by atoms with E-state index < -0.39 is 28.9 Å². The van der Waals surface area contributed by atoms with E-state index in [1.54, 1.807) is 53.7 Å². The molecule has 2 bridgehead atoms. The topological polar surface area (TPSA) is 94.2 Å². The highest BCUT2D eigenvalue weighted by Crippen LogP contribution is 2.70. The number of hydrazine groups is 1. The Bertz CT molecular complexity index is 859. The molecule has 31 heavy (non-hydrogen) atoms. The predicted molar refractivity (Wildman–Crippen MR) is 113 cm³/mol. The Morgan fingerprint density at radius 3 is 1.87 bits per heavy atom. The van der Waals surface area contributed by atoms with Gasteiger partial charge in [0.2, 0.25) is 0 Å². The number of hydrogen-bond acceptors (Lipinski definition) is 6. The number of hydrogen-bond donors (Lipinski definition) is 1. The molecule has 3 aliphatic carbocycles. The molecule has 0 spiro atoms. The van der Waals surface area contributed by atoms with Crippen LogP contribution in [0, 0.1) is 0 Å². The summed E-state index contributed by atoms with van der Waals surface area (Å²) in [7, 11) is 1.35. The summed E-state index contributed by atoms with van der Waals surface area (Å²) in [5, 5.41) is 1.30. The van der Waals surface area contributed by atoms with Crippen molar-refractivity contribution in [1.29, 1.82) is 0 Å². The highest BCUT2D eigenvalue weighted by molar-refractivity contribution is 5.89. The van der Waals surface area contributed by atoms with Gasteiger partial charge in [0.1, 0.15) is 11.2 Å². The number of carbonyl (C=O) groups is 3. The maximum absolute atomic E-state index is 12.9. The van der Waals surface area contributed by atoms with Crippen LogP contribution < -0.4 is 5.43 Å². The Morgan fingerprint density at radius 1 is 0.903 bits per heavy atom. The predicted octanol–water partition coefficient (Wildman–Crippen LogP) is 4.32. The van der Waals surface area contributed by atoms with Crippen LogP contribution in [0.2, 0.25) is 0 Å². The van der Waals surface area contributed by atoms with Crippen LogP contribution in [0.5, 0.6) is 0 Å². The lowest BCUT2D eigenvalue weighted by Crippen LogP contribution is -2.80. The van der Waals surface area contributed by atoms with E-state index in [9.17, 15) is 14.4 Å². The minimum Gasteiger partial charge on any atom is -0.465 e. The third-order valence-corrected chi connectivity index (χ3v) is 5.57. The fourth-order valence-electron chi connectivity index (χ4n) is 4.41. The van der Waals surface area contributed by atoms with Crippen LogP contribution in [0.4, 0.5) is 9.59 Å². The Balaban J connectivity index is 1.74. The molecule has 3 aliphatic rings. The van der Waals surface area contributed by atoms with E-state index in [1.165, 1.54) is 12.1 Å². The number of esters is 1. The number of nitrogens with zero attached hydrogens (tertiary/aromatic N) is 1. The van der Waals surface area contributed by atoms with E-state index in [0.29, 0.717) is 24.8 Å². The molecule has 0 radical (unpaired) electrons. The lowest BCUT2D eigenvalue weighted by atomic mass is 9.37. The molecule has 1 N–H and O–H groups in total. The van der Waals surface area contributed by atoms with Crippen LogP contribution in [0.3, 0.4) is 0 Å². The van der Waals surface area contributed by atoms with Crippen LogP contribution in [0.1, 0.15) is 76.7 Å². The van der Waals surface area contributed by atoms with E-state index in [0.717, 1.165) is 5.56 Å². The standard InChI is InChI=1S/C23H32N2O6/c1-20(2,3)30-18(27)24-25(19(28)31-21(4,5)6)23-12-22(13-23,14-23)16-10-8-15(9-11-16)17(26)29-7/h8-11H,12-14H2,1-7H3,(H,24,27). The number of benzene rings is 1. The summed E-state index contributed by atoms with van der Waals surface area (Å²) in [4.78, 5) is 37.0. The summed E-state index contributed by atoms with van der Waals surface area (Å²) >= 11 is 0. The lowest BCUT2D eigenvalue weighted by Gasteiger charge is -2.72. The van der Waals surface area contributed by atoms with E-state index in [-0.39, 0.29) is 11.4 Å². The molecule has 8 heteroatoms. The van der Waals surface area contributed by atoms with Crippen LogP contribution in [0.15, 0.2) is 24.3 Å². The molecule has 170 valence electrons. The highest BCUT2D eigenvalue weighted by Gasteiger charge is 2.73. The van der Waals surface area contributed by atoms with Gasteiger partial charge in [0, 0.05) is 5.41 Å². The van der Waals surface area contributed by atoms with Crippen molar-refractivity contribution >= 4 is 18.2 Å². The quantitative estimate of drug-likeness (QED) is 0.434. The minimum atomic E-state index is -0.699. The summed E-state index contributed by atoms with van der Waals surface area (Å²) in [6, 6.07) is 7.35. The van der Waals surface area contributed by atoms with E-state index in [4.69, 9.17) is 14.2 Å². The number of carbonyl (C=O) groups excluding carboxylic acids is 3. The van der Waals surface area contributed by atoms with Gasteiger partial charge in [-0.3, -0.25) is 0 Å². The van der Waals surface area contributed by atoms with Gasteiger partial charge in [-0.25, -0.2) is 24.8 Å². The number of ether oxygens (including phenoxy) is 3. The van der Waals surface area contributed by atoms with Crippen molar-refractivity contribution < 1.29 is 28.6 Å². The first-order valence-electron chi connectivity index (χ1n) is 10.4. The van der Waals surface area contributed by atoms with Crippen molar-refractivity contribution in [3.05, 3.63) is 35.4 Å². The average molecular weight is 433 g/mol. The SMILES string of the molecule is COC(=O)c1ccc(C23CC(N(NC(=O)OC(C)(C)C)C(=O)OC(C)(C)C)(C2)C3)cc1. The van der Waals surface area contributed by atoms with Gasteiger partial charge in [-0.1, -0.05) is 12.1 Å². The van der Waals surface area contributed by atoms with Crippen molar-refractivity contribution in [2.24, 2.45) is 0 Å². The Kier molecular flexibility index (Phi) is 5.49. The highest BCUT2D eigenvalue weighted by atomic mass is 16.6. The zero-order chi connectivity index (χ0) is 23.2. The molecule has 3 saturated carbocycles. The smallest absolute Gasteiger partial charge is 0.429 e. The van der Waals surface area contributed by atoms with E-state index >= 15 is 0 Å². The van der Waals surface area contributed by atoms with Crippen LogP contribution in [-0.2, 0) is 19.6 Å². The lowest BCUT2D eigenvalue weighted by molar-refractivity contribution is -0.177. The normalized spacial score (nSPS) is 24.2. The van der Waals surface area contributed by atoms with E-state index in [2.05, 4.69) is 5.43 Å². The summed E-state index contributed by atoms with van der Waals surface area (Å²) in [6.07, 6.45) is 0.763. The first-order chi connectivity index (χ1) is 14.2. The second kappa shape index (κ2) is 7.43. The molecule has 1 aromatic carbocycles. The summed E-state index contributed by atoms with van der Waals surface area (Å²) < 4.78 is 15.6. The molecule has 3 fully saturated rings. The van der Waals surface area contributed by atoms with Gasteiger partial charge in [-0.2, -0.15) is 0 Å². The van der Waals surface area contributed by atoms with Gasteiger partial charge in [0.05, 0.1) is 18.2 Å². The van der Waals surface area contributed by atoms with Crippen LogP contribution in [-0.4, -0.2) is 47.0 Å². The molecular formula is C23H32N2O6. The van der Waals surface area contributed by atoms with Crippen molar-refractivity contribution in [1.82, 2.24) is 10.4 Å². The zero-order valence-corrected chi connectivity index (χ0v) is 19.3. The number of rotatable bonds is 3. The second-order valence-corrected chi connectivity index (χ2v) is 10.5. The first kappa shape index (κ1) is 22.9. The summed E-state index contributed by atoms with van der Waals surface area (Å²) in [5.41, 5.74) is 2.23. The van der Waals surface area contributed by atoms with Crippen molar-refractivity contribution in [2.45, 2.75) is 83.0 Å². The third-order valence-electron chi connectivity index (χ3n) is 5.57. The van der Waals surface area contributed by atoms with Gasteiger partial charge in [-0.15, -0.1) is 0 Å². The summed E-state index contributed by atoms with van der Waals surface area (Å²) in [6.45, 7) is 10.6. The molecule has 8 nitrogen and oxygen atoms in total. The third kappa shape index (κ3) is 4.62. The molecule has 2 amide bonds. The minimum absolute atomic E-state index is 0.0788. The molecule has 0 saturated heterocycles. The maximum atomic E-state index is 12.9. The average Bonchev–Trinajstić information content (AvgIpc) is 2.55.